The molecule has 0 aromatic carbocycles. The lowest BCUT2D eigenvalue weighted by atomic mass is 10.4. The molecule has 1 aliphatic heterocycles. The number of aromatic nitrogens is 2. The lowest BCUT2D eigenvalue weighted by molar-refractivity contribution is -0.120. The first-order chi connectivity index (χ1) is 7.25. The minimum absolute atomic E-state index is 0.0812. The zero-order chi connectivity index (χ0) is 10.7. The van der Waals surface area contributed by atoms with E-state index in [1.807, 2.05) is 4.90 Å². The van der Waals surface area contributed by atoms with Crippen molar-refractivity contribution in [3.8, 4) is 0 Å². The minimum atomic E-state index is 0.0812. The zero-order valence-corrected chi connectivity index (χ0v) is 8.87. The molecular formula is C9H11ClN4O. The van der Waals surface area contributed by atoms with Gasteiger partial charge in [0.1, 0.15) is 5.82 Å². The SMILES string of the molecule is O=C1CCN(c2ccnc(Cl)n2)CCN1. The summed E-state index contributed by atoms with van der Waals surface area (Å²) in [6, 6.07) is 1.79. The molecular weight excluding hydrogens is 216 g/mol. The molecule has 1 amide bonds. The second-order valence-corrected chi connectivity index (χ2v) is 3.61. The molecule has 0 radical (unpaired) electrons. The Kier molecular flexibility index (Phi) is 3.01. The molecule has 1 N–H and O–H groups in total. The third kappa shape index (κ3) is 2.56. The first-order valence-corrected chi connectivity index (χ1v) is 5.14. The van der Waals surface area contributed by atoms with Crippen molar-refractivity contribution in [2.24, 2.45) is 0 Å². The standard InChI is InChI=1S/C9H11ClN4O/c10-9-12-3-1-7(13-9)14-5-2-8(15)11-4-6-14/h1,3H,2,4-6H2,(H,11,15). The van der Waals surface area contributed by atoms with Gasteiger partial charge in [0.25, 0.3) is 0 Å². The maximum absolute atomic E-state index is 11.1. The summed E-state index contributed by atoms with van der Waals surface area (Å²) in [5, 5.41) is 3.03. The fraction of sp³-hybridized carbons (Fsp3) is 0.444. The first kappa shape index (κ1) is 10.2. The van der Waals surface area contributed by atoms with Crippen LogP contribution in [0.5, 0.6) is 0 Å². The summed E-state index contributed by atoms with van der Waals surface area (Å²) in [4.78, 5) is 21.1. The topological polar surface area (TPSA) is 58.1 Å². The van der Waals surface area contributed by atoms with Crippen LogP contribution in [0.1, 0.15) is 6.42 Å². The molecule has 1 aromatic heterocycles. The smallest absolute Gasteiger partial charge is 0.224 e. The number of hydrogen-bond donors (Lipinski definition) is 1. The largest absolute Gasteiger partial charge is 0.354 e. The fourth-order valence-corrected chi connectivity index (χ4v) is 1.64. The van der Waals surface area contributed by atoms with E-state index in [1.165, 1.54) is 0 Å². The lowest BCUT2D eigenvalue weighted by Crippen LogP contribution is -2.29. The second-order valence-electron chi connectivity index (χ2n) is 3.27. The molecule has 80 valence electrons. The quantitative estimate of drug-likeness (QED) is 0.707. The Morgan fingerprint density at radius 2 is 2.33 bits per heavy atom. The molecule has 0 atom stereocenters. The van der Waals surface area contributed by atoms with E-state index in [4.69, 9.17) is 11.6 Å². The van der Waals surface area contributed by atoms with E-state index in [-0.39, 0.29) is 11.2 Å². The monoisotopic (exact) mass is 226 g/mol. The van der Waals surface area contributed by atoms with Crippen molar-refractivity contribution in [2.75, 3.05) is 24.5 Å². The van der Waals surface area contributed by atoms with Gasteiger partial charge < -0.3 is 10.2 Å². The highest BCUT2D eigenvalue weighted by atomic mass is 35.5. The summed E-state index contributed by atoms with van der Waals surface area (Å²) in [7, 11) is 0. The Morgan fingerprint density at radius 3 is 3.13 bits per heavy atom. The highest BCUT2D eigenvalue weighted by molar-refractivity contribution is 6.28. The number of nitrogens with one attached hydrogen (secondary N) is 1. The lowest BCUT2D eigenvalue weighted by Gasteiger charge is -2.19. The normalized spacial score (nSPS) is 17.1. The van der Waals surface area contributed by atoms with Crippen LogP contribution in [-0.4, -0.2) is 35.5 Å². The van der Waals surface area contributed by atoms with E-state index in [1.54, 1.807) is 12.3 Å². The maximum Gasteiger partial charge on any atom is 0.224 e. The van der Waals surface area contributed by atoms with Crippen molar-refractivity contribution in [2.45, 2.75) is 6.42 Å². The number of anilines is 1. The number of hydrogen-bond acceptors (Lipinski definition) is 4. The van der Waals surface area contributed by atoms with E-state index in [2.05, 4.69) is 15.3 Å². The highest BCUT2D eigenvalue weighted by Gasteiger charge is 2.14. The fourth-order valence-electron chi connectivity index (χ4n) is 1.50. The van der Waals surface area contributed by atoms with Crippen LogP contribution in [0.3, 0.4) is 0 Å². The van der Waals surface area contributed by atoms with Crippen molar-refractivity contribution in [1.29, 1.82) is 0 Å². The van der Waals surface area contributed by atoms with E-state index >= 15 is 0 Å². The average Bonchev–Trinajstić information content (AvgIpc) is 2.43. The summed E-state index contributed by atoms with van der Waals surface area (Å²) >= 11 is 5.70. The molecule has 0 spiro atoms. The summed E-state index contributed by atoms with van der Waals surface area (Å²) in [5.41, 5.74) is 0. The van der Waals surface area contributed by atoms with Gasteiger partial charge in [-0.2, -0.15) is 0 Å². The second kappa shape index (κ2) is 4.44. The van der Waals surface area contributed by atoms with Gasteiger partial charge >= 0.3 is 0 Å². The van der Waals surface area contributed by atoms with E-state index in [9.17, 15) is 4.79 Å². The summed E-state index contributed by atoms with van der Waals surface area (Å²) in [6.07, 6.45) is 2.10. The molecule has 2 rings (SSSR count). The zero-order valence-electron chi connectivity index (χ0n) is 8.11. The molecule has 0 bridgehead atoms. The van der Waals surface area contributed by atoms with Gasteiger partial charge in [0.15, 0.2) is 0 Å². The molecule has 0 saturated carbocycles. The first-order valence-electron chi connectivity index (χ1n) is 4.76. The molecule has 2 heterocycles. The summed E-state index contributed by atoms with van der Waals surface area (Å²) in [6.45, 7) is 2.05. The van der Waals surface area contributed by atoms with Crippen LogP contribution in [0.15, 0.2) is 12.3 Å². The van der Waals surface area contributed by atoms with Crippen molar-refractivity contribution in [3.63, 3.8) is 0 Å². The Labute approximate surface area is 92.5 Å². The van der Waals surface area contributed by atoms with Crippen molar-refractivity contribution < 1.29 is 4.79 Å². The van der Waals surface area contributed by atoms with Gasteiger partial charge in [-0.1, -0.05) is 0 Å². The molecule has 5 nitrogen and oxygen atoms in total. The Hall–Kier alpha value is -1.36. The van der Waals surface area contributed by atoms with Gasteiger partial charge in [0, 0.05) is 32.3 Å². The number of amides is 1. The number of nitrogens with zero attached hydrogens (tertiary/aromatic N) is 3. The van der Waals surface area contributed by atoms with E-state index in [0.29, 0.717) is 19.5 Å². The van der Waals surface area contributed by atoms with Crippen LogP contribution in [-0.2, 0) is 4.79 Å². The van der Waals surface area contributed by atoms with Crippen LogP contribution in [0, 0.1) is 0 Å². The Bertz CT molecular complexity index is 371. The van der Waals surface area contributed by atoms with E-state index < -0.39 is 0 Å². The van der Waals surface area contributed by atoms with Gasteiger partial charge in [-0.25, -0.2) is 9.97 Å². The Morgan fingerprint density at radius 1 is 1.47 bits per heavy atom. The highest BCUT2D eigenvalue weighted by Crippen LogP contribution is 2.13. The minimum Gasteiger partial charge on any atom is -0.354 e. The molecule has 1 aromatic rings. The number of rotatable bonds is 1. The van der Waals surface area contributed by atoms with Crippen molar-refractivity contribution in [1.82, 2.24) is 15.3 Å². The summed E-state index contributed by atoms with van der Waals surface area (Å²) < 4.78 is 0. The van der Waals surface area contributed by atoms with Gasteiger partial charge in [-0.15, -0.1) is 0 Å². The maximum atomic E-state index is 11.1. The van der Waals surface area contributed by atoms with Crippen LogP contribution < -0.4 is 10.2 Å². The predicted molar refractivity (Wildman–Crippen MR) is 56.9 cm³/mol. The Balaban J connectivity index is 2.13. The van der Waals surface area contributed by atoms with E-state index in [0.717, 1.165) is 12.4 Å². The van der Waals surface area contributed by atoms with Crippen LogP contribution in [0.25, 0.3) is 0 Å². The van der Waals surface area contributed by atoms with Crippen molar-refractivity contribution >= 4 is 23.3 Å². The number of carbonyl (C=O) groups excluding carboxylic acids is 1. The molecule has 0 aliphatic carbocycles. The molecule has 1 saturated heterocycles. The summed E-state index contributed by atoms with van der Waals surface area (Å²) in [5.74, 6) is 0.851. The van der Waals surface area contributed by atoms with Gasteiger partial charge in [-0.3, -0.25) is 4.79 Å². The van der Waals surface area contributed by atoms with Gasteiger partial charge in [0.2, 0.25) is 11.2 Å². The molecule has 0 unspecified atom stereocenters. The van der Waals surface area contributed by atoms with Crippen LogP contribution >= 0.6 is 11.6 Å². The van der Waals surface area contributed by atoms with Crippen LogP contribution in [0.4, 0.5) is 5.82 Å². The molecule has 15 heavy (non-hydrogen) atoms. The number of carbonyl (C=O) groups is 1. The van der Waals surface area contributed by atoms with Gasteiger partial charge in [-0.05, 0) is 17.7 Å². The van der Waals surface area contributed by atoms with Crippen molar-refractivity contribution in [3.05, 3.63) is 17.5 Å². The predicted octanol–water partition coefficient (Wildman–Crippen LogP) is 0.456. The molecule has 1 fully saturated rings. The van der Waals surface area contributed by atoms with Crippen LogP contribution in [0.2, 0.25) is 5.28 Å². The third-order valence-corrected chi connectivity index (χ3v) is 2.43. The van der Waals surface area contributed by atoms with Gasteiger partial charge in [0.05, 0.1) is 0 Å². The molecule has 1 aliphatic rings. The molecule has 6 heteroatoms. The average molecular weight is 227 g/mol. The third-order valence-electron chi connectivity index (χ3n) is 2.25. The number of halogens is 1.